The maximum atomic E-state index is 12.8. The maximum Gasteiger partial charge on any atom is 0.261 e. The Labute approximate surface area is 195 Å². The first-order valence-corrected chi connectivity index (χ1v) is 12.3. The normalized spacial score (nSPS) is 11.2. The van der Waals surface area contributed by atoms with Crippen molar-refractivity contribution >= 4 is 21.5 Å². The van der Waals surface area contributed by atoms with Crippen molar-refractivity contribution in [1.82, 2.24) is 4.98 Å². The number of hydrogen-bond acceptors (Lipinski definition) is 4. The van der Waals surface area contributed by atoms with Crippen LogP contribution in [0, 0.1) is 13.8 Å². The van der Waals surface area contributed by atoms with Crippen LogP contribution in [0.5, 0.6) is 0 Å². The first-order valence-electron chi connectivity index (χ1n) is 10.8. The molecule has 0 atom stereocenters. The highest BCUT2D eigenvalue weighted by molar-refractivity contribution is 7.92. The number of hydrogen-bond donors (Lipinski definition) is 1. The quantitative estimate of drug-likeness (QED) is 0.368. The molecule has 0 bridgehead atoms. The Morgan fingerprint density at radius 1 is 0.727 bits per heavy atom. The van der Waals surface area contributed by atoms with Crippen LogP contribution in [0.3, 0.4) is 0 Å². The summed E-state index contributed by atoms with van der Waals surface area (Å²) in [4.78, 5) is 7.18. The predicted molar refractivity (Wildman–Crippen MR) is 134 cm³/mol. The molecule has 4 aromatic rings. The van der Waals surface area contributed by atoms with Gasteiger partial charge in [-0.1, -0.05) is 78.4 Å². The van der Waals surface area contributed by atoms with Crippen LogP contribution >= 0.6 is 0 Å². The van der Waals surface area contributed by atoms with E-state index in [2.05, 4.69) is 33.9 Å². The van der Waals surface area contributed by atoms with E-state index >= 15 is 0 Å². The number of rotatable bonds is 8. The Morgan fingerprint density at radius 2 is 1.27 bits per heavy atom. The monoisotopic (exact) mass is 457 g/mol. The van der Waals surface area contributed by atoms with Gasteiger partial charge >= 0.3 is 0 Å². The summed E-state index contributed by atoms with van der Waals surface area (Å²) in [6, 6.07) is 30.9. The molecule has 0 fully saturated rings. The fourth-order valence-electron chi connectivity index (χ4n) is 3.58. The number of aryl methyl sites for hydroxylation is 2. The largest absolute Gasteiger partial charge is 0.348 e. The molecule has 0 saturated heterocycles. The molecule has 1 aromatic heterocycles. The van der Waals surface area contributed by atoms with Gasteiger partial charge in [-0.05, 0) is 49.2 Å². The zero-order valence-corrected chi connectivity index (χ0v) is 19.6. The van der Waals surface area contributed by atoms with E-state index in [9.17, 15) is 8.42 Å². The molecule has 0 radical (unpaired) electrons. The SMILES string of the molecule is Cc1ccc(S(=O)(=O)Nc2ccc(N(Cc3ccccc3)Cc3ccccc3)nc2C)cc1. The van der Waals surface area contributed by atoms with Gasteiger partial charge in [-0.15, -0.1) is 0 Å². The summed E-state index contributed by atoms with van der Waals surface area (Å²) in [5.41, 5.74) is 4.45. The van der Waals surface area contributed by atoms with E-state index in [0.29, 0.717) is 24.5 Å². The van der Waals surface area contributed by atoms with Crippen LogP contribution in [0.1, 0.15) is 22.4 Å². The summed E-state index contributed by atoms with van der Waals surface area (Å²) in [5.74, 6) is 0.790. The smallest absolute Gasteiger partial charge is 0.261 e. The molecular weight excluding hydrogens is 430 g/mol. The Balaban J connectivity index is 1.60. The number of nitrogens with zero attached hydrogens (tertiary/aromatic N) is 2. The summed E-state index contributed by atoms with van der Waals surface area (Å²) in [6.07, 6.45) is 0. The van der Waals surface area contributed by atoms with Crippen LogP contribution in [-0.2, 0) is 23.1 Å². The highest BCUT2D eigenvalue weighted by Crippen LogP contribution is 2.24. The topological polar surface area (TPSA) is 62.3 Å². The fourth-order valence-corrected chi connectivity index (χ4v) is 4.70. The van der Waals surface area contributed by atoms with Crippen molar-refractivity contribution in [1.29, 1.82) is 0 Å². The summed E-state index contributed by atoms with van der Waals surface area (Å²) >= 11 is 0. The molecule has 3 aromatic carbocycles. The van der Waals surface area contributed by atoms with Crippen LogP contribution in [0.2, 0.25) is 0 Å². The number of nitrogens with one attached hydrogen (secondary N) is 1. The van der Waals surface area contributed by atoms with Gasteiger partial charge in [0.2, 0.25) is 0 Å². The maximum absolute atomic E-state index is 12.8. The minimum Gasteiger partial charge on any atom is -0.348 e. The van der Waals surface area contributed by atoms with Crippen molar-refractivity contribution in [2.24, 2.45) is 0 Å². The molecule has 168 valence electrons. The fraction of sp³-hybridized carbons (Fsp3) is 0.148. The molecule has 0 aliphatic carbocycles. The molecular formula is C27H27N3O2S. The van der Waals surface area contributed by atoms with E-state index in [-0.39, 0.29) is 4.90 Å². The number of benzene rings is 3. The summed E-state index contributed by atoms with van der Waals surface area (Å²) < 4.78 is 28.3. The van der Waals surface area contributed by atoms with E-state index in [0.717, 1.165) is 11.4 Å². The van der Waals surface area contributed by atoms with Crippen molar-refractivity contribution in [2.75, 3.05) is 9.62 Å². The predicted octanol–water partition coefficient (Wildman–Crippen LogP) is 5.71. The lowest BCUT2D eigenvalue weighted by atomic mass is 10.1. The molecule has 0 unspecified atom stereocenters. The van der Waals surface area contributed by atoms with E-state index in [4.69, 9.17) is 4.98 Å². The molecule has 0 amide bonds. The van der Waals surface area contributed by atoms with Crippen LogP contribution in [0.25, 0.3) is 0 Å². The molecule has 5 nitrogen and oxygen atoms in total. The second kappa shape index (κ2) is 9.88. The van der Waals surface area contributed by atoms with Crippen LogP contribution in [0.15, 0.2) is 102 Å². The molecule has 1 N–H and O–H groups in total. The van der Waals surface area contributed by atoms with Gasteiger partial charge in [-0.3, -0.25) is 4.72 Å². The Hall–Kier alpha value is -3.64. The molecule has 0 saturated carbocycles. The van der Waals surface area contributed by atoms with Gasteiger partial charge < -0.3 is 4.90 Å². The number of aromatic nitrogens is 1. The molecule has 0 spiro atoms. The second-order valence-electron chi connectivity index (χ2n) is 8.05. The Morgan fingerprint density at radius 3 is 1.79 bits per heavy atom. The minimum absolute atomic E-state index is 0.228. The molecule has 1 heterocycles. The third-order valence-corrected chi connectivity index (χ3v) is 6.78. The van der Waals surface area contributed by atoms with Gasteiger partial charge in [0.05, 0.1) is 16.3 Å². The third kappa shape index (κ3) is 5.79. The third-order valence-electron chi connectivity index (χ3n) is 5.40. The van der Waals surface area contributed by atoms with Crippen LogP contribution in [0.4, 0.5) is 11.5 Å². The van der Waals surface area contributed by atoms with Gasteiger partial charge in [0.15, 0.2) is 0 Å². The lowest BCUT2D eigenvalue weighted by Gasteiger charge is -2.25. The molecule has 33 heavy (non-hydrogen) atoms. The van der Waals surface area contributed by atoms with E-state index in [1.807, 2.05) is 56.3 Å². The lowest BCUT2D eigenvalue weighted by molar-refractivity contribution is 0.601. The first-order chi connectivity index (χ1) is 15.9. The van der Waals surface area contributed by atoms with Crippen molar-refractivity contribution < 1.29 is 8.42 Å². The first kappa shape index (κ1) is 22.6. The molecule has 0 aliphatic rings. The van der Waals surface area contributed by atoms with Crippen LogP contribution < -0.4 is 9.62 Å². The minimum atomic E-state index is -3.69. The number of anilines is 2. The van der Waals surface area contributed by atoms with E-state index < -0.39 is 10.0 Å². The summed E-state index contributed by atoms with van der Waals surface area (Å²) in [5, 5.41) is 0. The van der Waals surface area contributed by atoms with Crippen molar-refractivity contribution in [2.45, 2.75) is 31.8 Å². The second-order valence-corrected chi connectivity index (χ2v) is 9.73. The average Bonchev–Trinajstić information content (AvgIpc) is 2.81. The zero-order valence-electron chi connectivity index (χ0n) is 18.8. The number of pyridine rings is 1. The standard InChI is InChI=1S/C27H27N3O2S/c1-21-13-15-25(16-14-21)33(31,32)29-26-17-18-27(28-22(26)2)30(19-23-9-5-3-6-10-23)20-24-11-7-4-8-12-24/h3-18,29H,19-20H2,1-2H3. The lowest BCUT2D eigenvalue weighted by Crippen LogP contribution is -2.23. The van der Waals surface area contributed by atoms with Gasteiger partial charge in [0.1, 0.15) is 5.82 Å². The summed E-state index contributed by atoms with van der Waals surface area (Å²) in [7, 11) is -3.69. The Bertz CT molecular complexity index is 1270. The highest BCUT2D eigenvalue weighted by Gasteiger charge is 2.17. The molecule has 4 rings (SSSR count). The number of sulfonamides is 1. The van der Waals surface area contributed by atoms with Gasteiger partial charge in [-0.25, -0.2) is 13.4 Å². The van der Waals surface area contributed by atoms with Crippen molar-refractivity contribution in [3.05, 3.63) is 119 Å². The van der Waals surface area contributed by atoms with Gasteiger partial charge in [-0.2, -0.15) is 0 Å². The Kier molecular flexibility index (Phi) is 6.75. The van der Waals surface area contributed by atoms with Crippen molar-refractivity contribution in [3.8, 4) is 0 Å². The van der Waals surface area contributed by atoms with Gasteiger partial charge in [0, 0.05) is 13.1 Å². The van der Waals surface area contributed by atoms with E-state index in [1.165, 1.54) is 11.1 Å². The van der Waals surface area contributed by atoms with Crippen molar-refractivity contribution in [3.63, 3.8) is 0 Å². The van der Waals surface area contributed by atoms with Crippen LogP contribution in [-0.4, -0.2) is 13.4 Å². The average molecular weight is 458 g/mol. The van der Waals surface area contributed by atoms with Gasteiger partial charge in [0.25, 0.3) is 10.0 Å². The summed E-state index contributed by atoms with van der Waals surface area (Å²) in [6.45, 7) is 5.13. The molecule has 6 heteroatoms. The molecule has 0 aliphatic heterocycles. The van der Waals surface area contributed by atoms with E-state index in [1.54, 1.807) is 30.3 Å². The zero-order chi connectivity index (χ0) is 23.3. The highest BCUT2D eigenvalue weighted by atomic mass is 32.2.